The number of para-hydroxylation sites is 1. The van der Waals surface area contributed by atoms with Crippen molar-refractivity contribution < 1.29 is 14.7 Å². The fourth-order valence-corrected chi connectivity index (χ4v) is 5.45. The van der Waals surface area contributed by atoms with E-state index in [0.29, 0.717) is 21.3 Å². The number of aliphatic imine (C=N–C) groups is 1. The smallest absolute Gasteiger partial charge is 0.336 e. The molecule has 0 aliphatic carbocycles. The maximum Gasteiger partial charge on any atom is 0.336 e. The topological polar surface area (TPSA) is 74.9 Å². The fraction of sp³-hybridized carbons (Fsp3) is 0.250. The number of carbonyl (C=O) groups is 2. The average molecular weight is 488 g/mol. The third-order valence-electron chi connectivity index (χ3n) is 6.44. The van der Waals surface area contributed by atoms with Gasteiger partial charge in [0.15, 0.2) is 5.17 Å². The van der Waals surface area contributed by atoms with Crippen molar-refractivity contribution in [2.75, 3.05) is 7.05 Å². The van der Waals surface area contributed by atoms with Crippen LogP contribution in [-0.2, 0) is 11.2 Å². The molecule has 2 aromatic carbocycles. The third-order valence-corrected chi connectivity index (χ3v) is 7.50. The molecule has 1 saturated heterocycles. The Kier molecular flexibility index (Phi) is 6.72. The van der Waals surface area contributed by atoms with E-state index in [0.717, 1.165) is 23.4 Å². The van der Waals surface area contributed by atoms with Crippen molar-refractivity contribution in [3.8, 4) is 5.69 Å². The molecule has 1 N–H and O–H groups in total. The highest BCUT2D eigenvalue weighted by Crippen LogP contribution is 2.36. The van der Waals surface area contributed by atoms with Crippen molar-refractivity contribution >= 4 is 40.6 Å². The monoisotopic (exact) mass is 487 g/mol. The first kappa shape index (κ1) is 24.5. The predicted octanol–water partition coefficient (Wildman–Crippen LogP) is 6.21. The highest BCUT2D eigenvalue weighted by molar-refractivity contribution is 8.18. The average Bonchev–Trinajstić information content (AvgIpc) is 3.24. The van der Waals surface area contributed by atoms with Crippen LogP contribution in [0.15, 0.2) is 52.4 Å². The van der Waals surface area contributed by atoms with Crippen LogP contribution in [0.3, 0.4) is 0 Å². The molecule has 180 valence electrons. The minimum absolute atomic E-state index is 0.129. The van der Waals surface area contributed by atoms with Crippen LogP contribution in [0.1, 0.15) is 50.9 Å². The molecule has 0 bridgehead atoms. The summed E-state index contributed by atoms with van der Waals surface area (Å²) in [6.07, 6.45) is 2.86. The first-order chi connectivity index (χ1) is 16.6. The number of aromatic carboxylic acids is 1. The first-order valence-corrected chi connectivity index (χ1v) is 12.3. The summed E-state index contributed by atoms with van der Waals surface area (Å²) >= 11 is 1.30. The Morgan fingerprint density at radius 2 is 1.83 bits per heavy atom. The summed E-state index contributed by atoms with van der Waals surface area (Å²) in [6, 6.07) is 13.5. The molecule has 1 amide bonds. The van der Waals surface area contributed by atoms with Gasteiger partial charge in [0, 0.05) is 18.4 Å². The van der Waals surface area contributed by atoms with Crippen molar-refractivity contribution in [1.29, 1.82) is 0 Å². The van der Waals surface area contributed by atoms with Gasteiger partial charge in [-0.25, -0.2) is 9.79 Å². The second-order valence-corrected chi connectivity index (χ2v) is 9.73. The second kappa shape index (κ2) is 9.58. The molecular formula is C28H29N3O3S. The van der Waals surface area contributed by atoms with E-state index < -0.39 is 5.97 Å². The Bertz CT molecular complexity index is 1420. The van der Waals surface area contributed by atoms with E-state index in [1.165, 1.54) is 33.5 Å². The summed E-state index contributed by atoms with van der Waals surface area (Å²) < 4.78 is 2.27. The summed E-state index contributed by atoms with van der Waals surface area (Å²) in [5, 5.41) is 9.93. The molecule has 7 heteroatoms. The zero-order chi connectivity index (χ0) is 25.4. The molecular weight excluding hydrogens is 458 g/mol. The molecule has 0 unspecified atom stereocenters. The van der Waals surface area contributed by atoms with Crippen LogP contribution in [0, 0.1) is 27.7 Å². The Hall–Kier alpha value is -3.58. The zero-order valence-corrected chi connectivity index (χ0v) is 21.7. The normalized spacial score (nSPS) is 16.1. The molecule has 35 heavy (non-hydrogen) atoms. The second-order valence-electron chi connectivity index (χ2n) is 8.72. The molecule has 6 nitrogen and oxygen atoms in total. The Morgan fingerprint density at radius 1 is 1.11 bits per heavy atom. The van der Waals surface area contributed by atoms with Gasteiger partial charge in [-0.05, 0) is 92.4 Å². The number of nitrogens with zero attached hydrogens (tertiary/aromatic N) is 3. The number of likely N-dealkylation sites (N-methyl/N-ethyl adjacent to an activating group) is 1. The van der Waals surface area contributed by atoms with Crippen molar-refractivity contribution in [1.82, 2.24) is 9.47 Å². The van der Waals surface area contributed by atoms with Gasteiger partial charge in [-0.3, -0.25) is 9.69 Å². The van der Waals surface area contributed by atoms with Gasteiger partial charge < -0.3 is 9.67 Å². The first-order valence-electron chi connectivity index (χ1n) is 11.5. The van der Waals surface area contributed by atoms with Crippen molar-refractivity contribution in [3.63, 3.8) is 0 Å². The van der Waals surface area contributed by atoms with Crippen LogP contribution in [0.4, 0.5) is 5.69 Å². The number of thioether (sulfide) groups is 1. The van der Waals surface area contributed by atoms with Gasteiger partial charge in [0.2, 0.25) is 0 Å². The lowest BCUT2D eigenvalue weighted by Crippen LogP contribution is -2.23. The molecule has 1 aliphatic heterocycles. The van der Waals surface area contributed by atoms with E-state index in [9.17, 15) is 14.7 Å². The number of aromatic nitrogens is 1. The van der Waals surface area contributed by atoms with Gasteiger partial charge in [0.1, 0.15) is 0 Å². The van der Waals surface area contributed by atoms with Crippen molar-refractivity contribution in [2.45, 2.75) is 41.0 Å². The van der Waals surface area contributed by atoms with E-state index in [-0.39, 0.29) is 11.5 Å². The molecule has 0 radical (unpaired) electrons. The van der Waals surface area contributed by atoms with E-state index in [1.54, 1.807) is 32.2 Å². The molecule has 0 atom stereocenters. The number of amidine groups is 1. The number of carboxylic acids is 1. The predicted molar refractivity (Wildman–Crippen MR) is 143 cm³/mol. The highest BCUT2D eigenvalue weighted by Gasteiger charge is 2.31. The number of amides is 1. The molecule has 1 aliphatic rings. The van der Waals surface area contributed by atoms with Gasteiger partial charge in [-0.15, -0.1) is 0 Å². The minimum Gasteiger partial charge on any atom is -0.478 e. The number of carbonyl (C=O) groups excluding carboxylic acids is 1. The molecule has 3 aromatic rings. The highest BCUT2D eigenvalue weighted by atomic mass is 32.2. The number of rotatable bonds is 5. The van der Waals surface area contributed by atoms with Crippen LogP contribution >= 0.6 is 11.8 Å². The summed E-state index contributed by atoms with van der Waals surface area (Å²) in [6.45, 7) is 10.2. The minimum atomic E-state index is -0.996. The lowest BCUT2D eigenvalue weighted by Gasteiger charge is -2.17. The Labute approximate surface area is 210 Å². The molecule has 2 heterocycles. The van der Waals surface area contributed by atoms with Gasteiger partial charge >= 0.3 is 5.97 Å². The van der Waals surface area contributed by atoms with Crippen LogP contribution in [0.5, 0.6) is 0 Å². The summed E-state index contributed by atoms with van der Waals surface area (Å²) in [5.41, 5.74) is 8.18. The van der Waals surface area contributed by atoms with Gasteiger partial charge in [0.25, 0.3) is 5.91 Å². The number of aryl methyl sites for hydroxylation is 3. The quantitative estimate of drug-likeness (QED) is 0.435. The number of carboxylic acid groups (broad SMARTS) is 1. The number of hydrogen-bond acceptors (Lipinski definition) is 4. The van der Waals surface area contributed by atoms with E-state index >= 15 is 0 Å². The summed E-state index contributed by atoms with van der Waals surface area (Å²) in [5.74, 6) is -1.13. The molecule has 1 aromatic heterocycles. The van der Waals surface area contributed by atoms with Crippen molar-refractivity contribution in [3.05, 3.63) is 86.6 Å². The third kappa shape index (κ3) is 4.44. The largest absolute Gasteiger partial charge is 0.478 e. The SMILES string of the molecule is CCc1cccc(C)c1-n1c(C)cc(/C=C2\SC(=Nc3cccc(C(=O)O)c3C)N(C)C2=O)c1C. The van der Waals surface area contributed by atoms with E-state index in [1.807, 2.05) is 6.08 Å². The van der Waals surface area contributed by atoms with Crippen LogP contribution in [0.2, 0.25) is 0 Å². The summed E-state index contributed by atoms with van der Waals surface area (Å²) in [7, 11) is 1.69. The van der Waals surface area contributed by atoms with E-state index in [4.69, 9.17) is 0 Å². The number of hydrogen-bond donors (Lipinski definition) is 1. The Balaban J connectivity index is 1.73. The maximum atomic E-state index is 13.1. The maximum absolute atomic E-state index is 13.1. The molecule has 0 saturated carbocycles. The zero-order valence-electron chi connectivity index (χ0n) is 20.8. The number of benzene rings is 2. The van der Waals surface area contributed by atoms with E-state index in [2.05, 4.69) is 61.5 Å². The lowest BCUT2D eigenvalue weighted by molar-refractivity contribution is -0.121. The van der Waals surface area contributed by atoms with Gasteiger partial charge in [-0.1, -0.05) is 31.2 Å². The fourth-order valence-electron chi connectivity index (χ4n) is 4.48. The standard InChI is InChI=1S/C28H29N3O3S/c1-7-20-11-8-10-16(2)25(20)31-17(3)14-21(19(31)5)15-24-26(32)30(6)28(35-24)29-23-13-9-12-22(18(23)4)27(33)34/h8-15H,7H2,1-6H3,(H,33,34)/b24-15-,29-28?. The van der Waals surface area contributed by atoms with Gasteiger partial charge in [0.05, 0.1) is 21.8 Å². The van der Waals surface area contributed by atoms with Crippen LogP contribution in [-0.4, -0.2) is 38.7 Å². The molecule has 1 fully saturated rings. The summed E-state index contributed by atoms with van der Waals surface area (Å²) in [4.78, 5) is 31.3. The van der Waals surface area contributed by atoms with Crippen LogP contribution in [0.25, 0.3) is 11.8 Å². The Morgan fingerprint density at radius 3 is 2.51 bits per heavy atom. The van der Waals surface area contributed by atoms with Crippen molar-refractivity contribution in [2.24, 2.45) is 4.99 Å². The molecule has 0 spiro atoms. The lowest BCUT2D eigenvalue weighted by atomic mass is 10.1. The van der Waals surface area contributed by atoms with Gasteiger partial charge in [-0.2, -0.15) is 0 Å². The van der Waals surface area contributed by atoms with Crippen LogP contribution < -0.4 is 0 Å². The molecule has 4 rings (SSSR count).